The summed E-state index contributed by atoms with van der Waals surface area (Å²) in [6, 6.07) is 8.40. The van der Waals surface area contributed by atoms with Gasteiger partial charge in [0.15, 0.2) is 0 Å². The molecule has 0 aliphatic rings. The average molecular weight is 310 g/mol. The second-order valence-corrected chi connectivity index (χ2v) is 6.15. The van der Waals surface area contributed by atoms with Gasteiger partial charge in [0.2, 0.25) is 10.0 Å². The fourth-order valence-electron chi connectivity index (χ4n) is 1.91. The SMILES string of the molecule is CNCc1ccc(S(=O)(=O)NCc2ccco2)c(OC)c1. The van der Waals surface area contributed by atoms with Crippen molar-refractivity contribution in [3.8, 4) is 5.75 Å². The fourth-order valence-corrected chi connectivity index (χ4v) is 3.05. The number of methoxy groups -OCH3 is 1. The van der Waals surface area contributed by atoms with Gasteiger partial charge in [-0.05, 0) is 36.9 Å². The number of sulfonamides is 1. The fraction of sp³-hybridized carbons (Fsp3) is 0.286. The van der Waals surface area contributed by atoms with Crippen LogP contribution in [0, 0.1) is 0 Å². The van der Waals surface area contributed by atoms with E-state index in [1.54, 1.807) is 24.3 Å². The Hall–Kier alpha value is -1.83. The van der Waals surface area contributed by atoms with Crippen LogP contribution in [0.25, 0.3) is 0 Å². The van der Waals surface area contributed by atoms with E-state index in [0.717, 1.165) is 5.56 Å². The maximum absolute atomic E-state index is 12.3. The molecule has 7 heteroatoms. The maximum atomic E-state index is 12.3. The Labute approximate surface area is 124 Å². The van der Waals surface area contributed by atoms with Crippen LogP contribution in [0.3, 0.4) is 0 Å². The summed E-state index contributed by atoms with van der Waals surface area (Å²) < 4.78 is 37.4. The third-order valence-corrected chi connectivity index (χ3v) is 4.36. The first-order valence-corrected chi connectivity index (χ1v) is 7.88. The zero-order chi connectivity index (χ0) is 15.3. The second-order valence-electron chi connectivity index (χ2n) is 4.42. The summed E-state index contributed by atoms with van der Waals surface area (Å²) >= 11 is 0. The van der Waals surface area contributed by atoms with Crippen LogP contribution in [0.4, 0.5) is 0 Å². The van der Waals surface area contributed by atoms with E-state index in [4.69, 9.17) is 9.15 Å². The molecule has 0 aliphatic heterocycles. The predicted octanol–water partition coefficient (Wildman–Crippen LogP) is 1.49. The van der Waals surface area contributed by atoms with Gasteiger partial charge in [0.1, 0.15) is 16.4 Å². The van der Waals surface area contributed by atoms with Gasteiger partial charge in [0.25, 0.3) is 0 Å². The standard InChI is InChI=1S/C14H18N2O4S/c1-15-9-11-5-6-14(13(8-11)19-2)21(17,18)16-10-12-4-3-7-20-12/h3-8,15-16H,9-10H2,1-2H3. The summed E-state index contributed by atoms with van der Waals surface area (Å²) in [5.74, 6) is 0.860. The molecule has 0 radical (unpaired) electrons. The highest BCUT2D eigenvalue weighted by atomic mass is 32.2. The highest BCUT2D eigenvalue weighted by molar-refractivity contribution is 7.89. The van der Waals surface area contributed by atoms with Gasteiger partial charge < -0.3 is 14.5 Å². The molecule has 0 fully saturated rings. The van der Waals surface area contributed by atoms with Gasteiger partial charge in [-0.3, -0.25) is 0 Å². The number of hydrogen-bond donors (Lipinski definition) is 2. The lowest BCUT2D eigenvalue weighted by molar-refractivity contribution is 0.401. The maximum Gasteiger partial charge on any atom is 0.244 e. The van der Waals surface area contributed by atoms with Crippen molar-refractivity contribution in [3.05, 3.63) is 47.9 Å². The molecule has 0 saturated carbocycles. The van der Waals surface area contributed by atoms with Crippen molar-refractivity contribution in [3.63, 3.8) is 0 Å². The molecule has 0 aliphatic carbocycles. The normalized spacial score (nSPS) is 11.5. The lowest BCUT2D eigenvalue weighted by atomic mass is 10.2. The molecule has 0 bridgehead atoms. The monoisotopic (exact) mass is 310 g/mol. The molecule has 1 aromatic carbocycles. The van der Waals surface area contributed by atoms with Gasteiger partial charge >= 0.3 is 0 Å². The van der Waals surface area contributed by atoms with Crippen LogP contribution in [0.2, 0.25) is 0 Å². The van der Waals surface area contributed by atoms with E-state index in [1.165, 1.54) is 19.4 Å². The molecule has 2 N–H and O–H groups in total. The molecule has 2 rings (SSSR count). The van der Waals surface area contributed by atoms with Crippen LogP contribution in [0.5, 0.6) is 5.75 Å². The molecule has 1 aromatic heterocycles. The first-order valence-electron chi connectivity index (χ1n) is 6.40. The van der Waals surface area contributed by atoms with Crippen LogP contribution in [0.1, 0.15) is 11.3 Å². The van der Waals surface area contributed by atoms with Crippen LogP contribution >= 0.6 is 0 Å². The number of furan rings is 1. The quantitative estimate of drug-likeness (QED) is 0.810. The average Bonchev–Trinajstić information content (AvgIpc) is 2.98. The molecule has 2 aromatic rings. The van der Waals surface area contributed by atoms with E-state index in [9.17, 15) is 8.42 Å². The highest BCUT2D eigenvalue weighted by Gasteiger charge is 2.19. The Kier molecular flexibility index (Phi) is 5.00. The molecule has 1 heterocycles. The zero-order valence-corrected chi connectivity index (χ0v) is 12.7. The summed E-state index contributed by atoms with van der Waals surface area (Å²) in [5.41, 5.74) is 0.944. The van der Waals surface area contributed by atoms with Crippen LogP contribution in [-0.4, -0.2) is 22.6 Å². The molecule has 0 unspecified atom stereocenters. The number of rotatable bonds is 7. The second kappa shape index (κ2) is 6.75. The molecule has 0 spiro atoms. The van der Waals surface area contributed by atoms with Gasteiger partial charge in [0.05, 0.1) is 19.9 Å². The molecule has 0 atom stereocenters. The van der Waals surface area contributed by atoms with E-state index in [0.29, 0.717) is 18.1 Å². The zero-order valence-electron chi connectivity index (χ0n) is 11.9. The summed E-state index contributed by atoms with van der Waals surface area (Å²) in [5, 5.41) is 3.00. The van der Waals surface area contributed by atoms with Crippen molar-refractivity contribution in [1.29, 1.82) is 0 Å². The van der Waals surface area contributed by atoms with E-state index in [2.05, 4.69) is 10.0 Å². The van der Waals surface area contributed by atoms with Crippen molar-refractivity contribution in [1.82, 2.24) is 10.0 Å². The topological polar surface area (TPSA) is 80.6 Å². The first kappa shape index (κ1) is 15.6. The minimum absolute atomic E-state index is 0.0940. The Morgan fingerprint density at radius 3 is 2.67 bits per heavy atom. The van der Waals surface area contributed by atoms with Gasteiger partial charge in [0, 0.05) is 6.54 Å². The Morgan fingerprint density at radius 1 is 1.24 bits per heavy atom. The number of hydrogen-bond acceptors (Lipinski definition) is 5. The van der Waals surface area contributed by atoms with Crippen molar-refractivity contribution < 1.29 is 17.6 Å². The van der Waals surface area contributed by atoms with Crippen molar-refractivity contribution in [2.75, 3.05) is 14.2 Å². The highest BCUT2D eigenvalue weighted by Crippen LogP contribution is 2.25. The minimum atomic E-state index is -3.67. The Morgan fingerprint density at radius 2 is 2.05 bits per heavy atom. The Balaban J connectivity index is 2.22. The number of nitrogens with one attached hydrogen (secondary N) is 2. The van der Waals surface area contributed by atoms with Crippen LogP contribution in [0.15, 0.2) is 45.9 Å². The molecule has 21 heavy (non-hydrogen) atoms. The molecular weight excluding hydrogens is 292 g/mol. The predicted molar refractivity (Wildman–Crippen MR) is 78.5 cm³/mol. The largest absolute Gasteiger partial charge is 0.495 e. The van der Waals surface area contributed by atoms with E-state index < -0.39 is 10.0 Å². The summed E-state index contributed by atoms with van der Waals surface area (Å²) in [6.45, 7) is 0.729. The number of benzene rings is 1. The smallest absolute Gasteiger partial charge is 0.244 e. The van der Waals surface area contributed by atoms with Crippen molar-refractivity contribution in [2.45, 2.75) is 18.0 Å². The summed E-state index contributed by atoms with van der Waals surface area (Å²) in [7, 11) is -0.396. The van der Waals surface area contributed by atoms with Gasteiger partial charge in [-0.15, -0.1) is 0 Å². The lowest BCUT2D eigenvalue weighted by Crippen LogP contribution is -2.23. The third-order valence-electron chi connectivity index (χ3n) is 2.91. The molecule has 0 amide bonds. The van der Waals surface area contributed by atoms with Crippen molar-refractivity contribution in [2.24, 2.45) is 0 Å². The molecule has 6 nitrogen and oxygen atoms in total. The molecule has 114 valence electrons. The number of ether oxygens (including phenoxy) is 1. The lowest BCUT2D eigenvalue weighted by Gasteiger charge is -2.11. The van der Waals surface area contributed by atoms with Gasteiger partial charge in [-0.2, -0.15) is 0 Å². The van der Waals surface area contributed by atoms with Crippen LogP contribution in [-0.2, 0) is 23.1 Å². The molecular formula is C14H18N2O4S. The van der Waals surface area contributed by atoms with E-state index in [-0.39, 0.29) is 11.4 Å². The van der Waals surface area contributed by atoms with Gasteiger partial charge in [-0.25, -0.2) is 13.1 Å². The summed E-state index contributed by atoms with van der Waals surface area (Å²) in [4.78, 5) is 0.108. The van der Waals surface area contributed by atoms with E-state index in [1.807, 2.05) is 7.05 Å². The summed E-state index contributed by atoms with van der Waals surface area (Å²) in [6.07, 6.45) is 1.50. The van der Waals surface area contributed by atoms with Gasteiger partial charge in [-0.1, -0.05) is 6.07 Å². The Bertz CT molecular complexity index is 681. The molecule has 0 saturated heterocycles. The van der Waals surface area contributed by atoms with Crippen molar-refractivity contribution >= 4 is 10.0 Å². The minimum Gasteiger partial charge on any atom is -0.495 e. The van der Waals surface area contributed by atoms with E-state index >= 15 is 0 Å². The van der Waals surface area contributed by atoms with Crippen LogP contribution < -0.4 is 14.8 Å². The first-order chi connectivity index (χ1) is 10.1. The third kappa shape index (κ3) is 3.84.